The Labute approximate surface area is 116 Å². The van der Waals surface area contributed by atoms with Gasteiger partial charge in [-0.1, -0.05) is 30.3 Å². The molecule has 1 aliphatic rings. The molecule has 1 atom stereocenters. The minimum absolute atomic E-state index is 0.0416. The number of carbonyl (C=O) groups is 1. The number of amides is 1. The molecule has 19 heavy (non-hydrogen) atoms. The van der Waals surface area contributed by atoms with Crippen molar-refractivity contribution in [2.45, 2.75) is 11.8 Å². The second-order valence-electron chi connectivity index (χ2n) is 4.58. The standard InChI is InChI=1S/C15H13ClN2O/c16-13-8-15(19)18(10-13)14-7-6-12(9-17-14)11-4-2-1-3-5-11/h1-7,9,13H,8,10H2. The highest BCUT2D eigenvalue weighted by atomic mass is 35.5. The van der Waals surface area contributed by atoms with Gasteiger partial charge in [-0.15, -0.1) is 11.6 Å². The number of benzene rings is 1. The Bertz CT molecular complexity index is 583. The van der Waals surface area contributed by atoms with Gasteiger partial charge in [0.1, 0.15) is 5.82 Å². The van der Waals surface area contributed by atoms with E-state index in [0.29, 0.717) is 18.8 Å². The molecule has 0 saturated carbocycles. The smallest absolute Gasteiger partial charge is 0.229 e. The predicted molar refractivity (Wildman–Crippen MR) is 76.3 cm³/mol. The minimum Gasteiger partial charge on any atom is -0.295 e. The summed E-state index contributed by atoms with van der Waals surface area (Å²) in [7, 11) is 0. The summed E-state index contributed by atoms with van der Waals surface area (Å²) in [6, 6.07) is 13.9. The quantitative estimate of drug-likeness (QED) is 0.787. The first-order valence-electron chi connectivity index (χ1n) is 6.20. The first-order valence-corrected chi connectivity index (χ1v) is 6.63. The van der Waals surface area contributed by atoms with Crippen LogP contribution in [0.3, 0.4) is 0 Å². The van der Waals surface area contributed by atoms with E-state index in [1.54, 1.807) is 11.1 Å². The fraction of sp³-hybridized carbons (Fsp3) is 0.200. The summed E-state index contributed by atoms with van der Waals surface area (Å²) in [6.07, 6.45) is 2.18. The van der Waals surface area contributed by atoms with E-state index in [9.17, 15) is 4.79 Å². The number of rotatable bonds is 2. The van der Waals surface area contributed by atoms with Crippen LogP contribution in [-0.2, 0) is 4.79 Å². The molecular weight excluding hydrogens is 260 g/mol. The maximum atomic E-state index is 11.7. The lowest BCUT2D eigenvalue weighted by atomic mass is 10.1. The number of hydrogen-bond donors (Lipinski definition) is 0. The summed E-state index contributed by atoms with van der Waals surface area (Å²) in [5.74, 6) is 0.716. The molecule has 1 amide bonds. The number of nitrogens with zero attached hydrogens (tertiary/aromatic N) is 2. The zero-order chi connectivity index (χ0) is 13.2. The molecule has 1 aromatic carbocycles. The lowest BCUT2D eigenvalue weighted by Crippen LogP contribution is -2.25. The second-order valence-corrected chi connectivity index (χ2v) is 5.19. The van der Waals surface area contributed by atoms with Crippen molar-refractivity contribution in [3.05, 3.63) is 48.7 Å². The molecule has 3 rings (SSSR count). The van der Waals surface area contributed by atoms with Crippen molar-refractivity contribution in [3.63, 3.8) is 0 Å². The van der Waals surface area contributed by atoms with E-state index in [0.717, 1.165) is 11.1 Å². The van der Waals surface area contributed by atoms with Crippen LogP contribution in [0.5, 0.6) is 0 Å². The van der Waals surface area contributed by atoms with Crippen LogP contribution in [0.4, 0.5) is 5.82 Å². The van der Waals surface area contributed by atoms with Gasteiger partial charge in [0.05, 0.1) is 5.38 Å². The Kier molecular flexibility index (Phi) is 3.22. The summed E-state index contributed by atoms with van der Waals surface area (Å²) in [5, 5.41) is -0.108. The summed E-state index contributed by atoms with van der Waals surface area (Å²) in [6.45, 7) is 0.540. The van der Waals surface area contributed by atoms with Crippen LogP contribution in [-0.4, -0.2) is 22.8 Å². The molecule has 1 aromatic heterocycles. The highest BCUT2D eigenvalue weighted by molar-refractivity contribution is 6.24. The number of alkyl halides is 1. The molecule has 0 bridgehead atoms. The predicted octanol–water partition coefficient (Wildman–Crippen LogP) is 3.09. The Hall–Kier alpha value is -1.87. The number of halogens is 1. The molecule has 96 valence electrons. The van der Waals surface area contributed by atoms with Crippen molar-refractivity contribution in [2.24, 2.45) is 0 Å². The molecule has 1 unspecified atom stereocenters. The largest absolute Gasteiger partial charge is 0.295 e. The van der Waals surface area contributed by atoms with Crippen LogP contribution >= 0.6 is 11.6 Å². The van der Waals surface area contributed by atoms with Gasteiger partial charge in [0.2, 0.25) is 5.91 Å². The molecule has 4 heteroatoms. The number of carbonyl (C=O) groups excluding carboxylic acids is 1. The molecule has 0 N–H and O–H groups in total. The van der Waals surface area contributed by atoms with Crippen LogP contribution < -0.4 is 4.90 Å². The zero-order valence-corrected chi connectivity index (χ0v) is 11.0. The summed E-state index contributed by atoms with van der Waals surface area (Å²) in [4.78, 5) is 17.8. The van der Waals surface area contributed by atoms with E-state index in [1.165, 1.54) is 0 Å². The van der Waals surface area contributed by atoms with E-state index in [2.05, 4.69) is 4.98 Å². The van der Waals surface area contributed by atoms with Crippen LogP contribution in [0.15, 0.2) is 48.7 Å². The lowest BCUT2D eigenvalue weighted by Gasteiger charge is -2.14. The SMILES string of the molecule is O=C1CC(Cl)CN1c1ccc(-c2ccccc2)cn1. The van der Waals surface area contributed by atoms with E-state index < -0.39 is 0 Å². The maximum Gasteiger partial charge on any atom is 0.229 e. The van der Waals surface area contributed by atoms with Crippen LogP contribution in [0, 0.1) is 0 Å². The molecular formula is C15H13ClN2O. The minimum atomic E-state index is -0.108. The monoisotopic (exact) mass is 272 g/mol. The molecule has 3 nitrogen and oxygen atoms in total. The number of aromatic nitrogens is 1. The Morgan fingerprint density at radius 1 is 1.11 bits per heavy atom. The average Bonchev–Trinajstić information content (AvgIpc) is 2.79. The molecule has 1 aliphatic heterocycles. The van der Waals surface area contributed by atoms with Crippen molar-refractivity contribution in [2.75, 3.05) is 11.4 Å². The molecule has 1 saturated heterocycles. The van der Waals surface area contributed by atoms with Gasteiger partial charge in [0.25, 0.3) is 0 Å². The van der Waals surface area contributed by atoms with Crippen LogP contribution in [0.1, 0.15) is 6.42 Å². The van der Waals surface area contributed by atoms with Gasteiger partial charge < -0.3 is 0 Å². The first-order chi connectivity index (χ1) is 9.24. The third kappa shape index (κ3) is 2.47. The molecule has 2 aromatic rings. The summed E-state index contributed by atoms with van der Waals surface area (Å²) >= 11 is 5.99. The highest BCUT2D eigenvalue weighted by Crippen LogP contribution is 2.25. The van der Waals surface area contributed by atoms with E-state index >= 15 is 0 Å². The Morgan fingerprint density at radius 3 is 2.47 bits per heavy atom. The fourth-order valence-corrected chi connectivity index (χ4v) is 2.50. The third-order valence-corrected chi connectivity index (χ3v) is 3.50. The van der Waals surface area contributed by atoms with Crippen molar-refractivity contribution in [3.8, 4) is 11.1 Å². The van der Waals surface area contributed by atoms with Crippen LogP contribution in [0.25, 0.3) is 11.1 Å². The van der Waals surface area contributed by atoms with Crippen molar-refractivity contribution < 1.29 is 4.79 Å². The maximum absolute atomic E-state index is 11.7. The van der Waals surface area contributed by atoms with Gasteiger partial charge in [-0.05, 0) is 17.7 Å². The number of anilines is 1. The van der Waals surface area contributed by atoms with Crippen molar-refractivity contribution in [1.82, 2.24) is 4.98 Å². The Morgan fingerprint density at radius 2 is 1.89 bits per heavy atom. The Balaban J connectivity index is 1.86. The van der Waals surface area contributed by atoms with Crippen molar-refractivity contribution >= 4 is 23.3 Å². The molecule has 0 spiro atoms. The molecule has 0 aliphatic carbocycles. The van der Waals surface area contributed by atoms with Crippen molar-refractivity contribution in [1.29, 1.82) is 0 Å². The van der Waals surface area contributed by atoms with E-state index in [4.69, 9.17) is 11.6 Å². The zero-order valence-electron chi connectivity index (χ0n) is 10.3. The van der Waals surface area contributed by atoms with Gasteiger partial charge in [-0.25, -0.2) is 4.98 Å². The average molecular weight is 273 g/mol. The van der Waals surface area contributed by atoms with E-state index in [-0.39, 0.29) is 11.3 Å². The van der Waals surface area contributed by atoms with Gasteiger partial charge in [0.15, 0.2) is 0 Å². The topological polar surface area (TPSA) is 33.2 Å². The molecule has 1 fully saturated rings. The third-order valence-electron chi connectivity index (χ3n) is 3.21. The highest BCUT2D eigenvalue weighted by Gasteiger charge is 2.29. The second kappa shape index (κ2) is 5.02. The number of pyridine rings is 1. The summed E-state index contributed by atoms with van der Waals surface area (Å²) < 4.78 is 0. The van der Waals surface area contributed by atoms with Gasteiger partial charge in [-0.3, -0.25) is 9.69 Å². The van der Waals surface area contributed by atoms with Gasteiger partial charge >= 0.3 is 0 Å². The fourth-order valence-electron chi connectivity index (χ4n) is 2.23. The summed E-state index contributed by atoms with van der Waals surface area (Å²) in [5.41, 5.74) is 2.16. The molecule has 2 heterocycles. The van der Waals surface area contributed by atoms with Gasteiger partial charge in [0, 0.05) is 24.7 Å². The normalized spacial score (nSPS) is 18.9. The van der Waals surface area contributed by atoms with E-state index in [1.807, 2.05) is 42.5 Å². The number of hydrogen-bond acceptors (Lipinski definition) is 2. The lowest BCUT2D eigenvalue weighted by molar-refractivity contribution is -0.117. The van der Waals surface area contributed by atoms with Gasteiger partial charge in [-0.2, -0.15) is 0 Å². The first kappa shape index (κ1) is 12.2. The molecule has 0 radical (unpaired) electrons. The van der Waals surface area contributed by atoms with Crippen LogP contribution in [0.2, 0.25) is 0 Å².